The number of hydrogen-bond acceptors (Lipinski definition) is 3. The molecule has 0 unspecified atom stereocenters. The van der Waals surface area contributed by atoms with Crippen LogP contribution < -0.4 is 5.32 Å². The van der Waals surface area contributed by atoms with Gasteiger partial charge in [0.1, 0.15) is 0 Å². The summed E-state index contributed by atoms with van der Waals surface area (Å²) in [4.78, 5) is 2.57. The van der Waals surface area contributed by atoms with Gasteiger partial charge in [-0.2, -0.15) is 11.8 Å². The summed E-state index contributed by atoms with van der Waals surface area (Å²) in [5, 5.41) is 3.49. The standard InChI is InChI=1S/C12H28N2S/c1-5-6-9-14(12(2)3)10-7-13-8-11-15-4/h12-13H,5-11H2,1-4H3. The van der Waals surface area contributed by atoms with Crippen molar-refractivity contribution in [3.8, 4) is 0 Å². The maximum atomic E-state index is 3.49. The van der Waals surface area contributed by atoms with Gasteiger partial charge in [-0.05, 0) is 33.1 Å². The van der Waals surface area contributed by atoms with Gasteiger partial charge in [0.15, 0.2) is 0 Å². The van der Waals surface area contributed by atoms with Crippen LogP contribution in [0.3, 0.4) is 0 Å². The zero-order valence-corrected chi connectivity index (χ0v) is 11.7. The van der Waals surface area contributed by atoms with Crippen LogP contribution in [-0.2, 0) is 0 Å². The molecule has 0 aromatic rings. The highest BCUT2D eigenvalue weighted by Crippen LogP contribution is 2.00. The van der Waals surface area contributed by atoms with E-state index in [9.17, 15) is 0 Å². The van der Waals surface area contributed by atoms with E-state index in [1.807, 2.05) is 11.8 Å². The number of hydrogen-bond donors (Lipinski definition) is 1. The zero-order chi connectivity index (χ0) is 11.5. The molecule has 0 aliphatic carbocycles. The minimum absolute atomic E-state index is 0.680. The first-order chi connectivity index (χ1) is 7.22. The minimum atomic E-state index is 0.680. The summed E-state index contributed by atoms with van der Waals surface area (Å²) in [6.45, 7) is 11.5. The maximum absolute atomic E-state index is 3.49. The van der Waals surface area contributed by atoms with Gasteiger partial charge in [0.05, 0.1) is 0 Å². The van der Waals surface area contributed by atoms with Crippen LogP contribution in [-0.4, -0.2) is 49.1 Å². The minimum Gasteiger partial charge on any atom is -0.315 e. The van der Waals surface area contributed by atoms with Crippen molar-refractivity contribution in [2.45, 2.75) is 39.7 Å². The fourth-order valence-corrected chi connectivity index (χ4v) is 1.86. The van der Waals surface area contributed by atoms with Crippen LogP contribution in [0.15, 0.2) is 0 Å². The second kappa shape index (κ2) is 10.8. The first-order valence-electron chi connectivity index (χ1n) is 6.16. The Hall–Kier alpha value is 0.270. The number of nitrogens with one attached hydrogen (secondary N) is 1. The molecule has 0 aliphatic rings. The third-order valence-corrected chi connectivity index (χ3v) is 3.20. The molecule has 0 heterocycles. The van der Waals surface area contributed by atoms with E-state index in [4.69, 9.17) is 0 Å². The van der Waals surface area contributed by atoms with Gasteiger partial charge in [-0.25, -0.2) is 0 Å². The van der Waals surface area contributed by atoms with Gasteiger partial charge < -0.3 is 5.32 Å². The molecule has 0 saturated carbocycles. The maximum Gasteiger partial charge on any atom is 0.0110 e. The van der Waals surface area contributed by atoms with Gasteiger partial charge in [0.2, 0.25) is 0 Å². The molecule has 15 heavy (non-hydrogen) atoms. The largest absolute Gasteiger partial charge is 0.315 e. The highest BCUT2D eigenvalue weighted by Gasteiger charge is 2.07. The summed E-state index contributed by atoms with van der Waals surface area (Å²) in [5.74, 6) is 1.22. The highest BCUT2D eigenvalue weighted by molar-refractivity contribution is 7.98. The molecule has 0 bridgehead atoms. The van der Waals surface area contributed by atoms with Gasteiger partial charge in [-0.1, -0.05) is 13.3 Å². The monoisotopic (exact) mass is 232 g/mol. The summed E-state index contributed by atoms with van der Waals surface area (Å²) in [6.07, 6.45) is 4.77. The van der Waals surface area contributed by atoms with Crippen molar-refractivity contribution in [1.82, 2.24) is 10.2 Å². The molecule has 92 valence electrons. The molecule has 0 atom stereocenters. The molecule has 0 saturated heterocycles. The topological polar surface area (TPSA) is 15.3 Å². The number of rotatable bonds is 10. The van der Waals surface area contributed by atoms with Crippen molar-refractivity contribution in [3.63, 3.8) is 0 Å². The van der Waals surface area contributed by atoms with Crippen LogP contribution in [0, 0.1) is 0 Å². The Balaban J connectivity index is 3.48. The Labute approximate surface area is 100 Å². The SMILES string of the molecule is CCCCN(CCNCCSC)C(C)C. The van der Waals surface area contributed by atoms with E-state index >= 15 is 0 Å². The van der Waals surface area contributed by atoms with Crippen LogP contribution >= 0.6 is 11.8 Å². The van der Waals surface area contributed by atoms with Gasteiger partial charge in [-0.3, -0.25) is 4.90 Å². The fourth-order valence-electron chi connectivity index (χ4n) is 1.51. The number of thioether (sulfide) groups is 1. The molecule has 0 amide bonds. The highest BCUT2D eigenvalue weighted by atomic mass is 32.2. The van der Waals surface area contributed by atoms with Crippen LogP contribution in [0.5, 0.6) is 0 Å². The summed E-state index contributed by atoms with van der Waals surface area (Å²) < 4.78 is 0. The Kier molecular flexibility index (Phi) is 11.0. The molecule has 2 nitrogen and oxygen atoms in total. The third kappa shape index (κ3) is 9.21. The molecule has 0 aromatic carbocycles. The molecular weight excluding hydrogens is 204 g/mol. The van der Waals surface area contributed by atoms with Crippen molar-refractivity contribution in [3.05, 3.63) is 0 Å². The van der Waals surface area contributed by atoms with E-state index in [1.54, 1.807) is 0 Å². The van der Waals surface area contributed by atoms with Crippen molar-refractivity contribution in [2.24, 2.45) is 0 Å². The first kappa shape index (κ1) is 15.3. The van der Waals surface area contributed by atoms with Gasteiger partial charge in [0, 0.05) is 31.4 Å². The van der Waals surface area contributed by atoms with Crippen molar-refractivity contribution < 1.29 is 0 Å². The normalized spacial score (nSPS) is 11.6. The van der Waals surface area contributed by atoms with Crippen LogP contribution in [0.25, 0.3) is 0 Å². The lowest BCUT2D eigenvalue weighted by Gasteiger charge is -2.26. The van der Waals surface area contributed by atoms with Crippen molar-refractivity contribution in [1.29, 1.82) is 0 Å². The quantitative estimate of drug-likeness (QED) is 0.583. The summed E-state index contributed by atoms with van der Waals surface area (Å²) in [7, 11) is 0. The van der Waals surface area contributed by atoms with E-state index in [1.165, 1.54) is 31.7 Å². The molecule has 0 fully saturated rings. The van der Waals surface area contributed by atoms with E-state index in [0.717, 1.165) is 13.1 Å². The summed E-state index contributed by atoms with van der Waals surface area (Å²) >= 11 is 1.90. The lowest BCUT2D eigenvalue weighted by atomic mass is 10.2. The predicted octanol–water partition coefficient (Wildman–Crippen LogP) is 2.45. The van der Waals surface area contributed by atoms with Crippen LogP contribution in [0.4, 0.5) is 0 Å². The summed E-state index contributed by atoms with van der Waals surface area (Å²) in [6, 6.07) is 0.680. The first-order valence-corrected chi connectivity index (χ1v) is 7.55. The van der Waals surface area contributed by atoms with E-state index in [0.29, 0.717) is 6.04 Å². The molecule has 1 N–H and O–H groups in total. The van der Waals surface area contributed by atoms with Crippen molar-refractivity contribution in [2.75, 3.05) is 38.2 Å². The lowest BCUT2D eigenvalue weighted by molar-refractivity contribution is 0.219. The van der Waals surface area contributed by atoms with Gasteiger partial charge in [0.25, 0.3) is 0 Å². The van der Waals surface area contributed by atoms with Crippen molar-refractivity contribution >= 4 is 11.8 Å². The molecule has 0 radical (unpaired) electrons. The zero-order valence-electron chi connectivity index (χ0n) is 10.9. The molecule has 0 aliphatic heterocycles. The van der Waals surface area contributed by atoms with Gasteiger partial charge >= 0.3 is 0 Å². The average molecular weight is 232 g/mol. The number of unbranched alkanes of at least 4 members (excludes halogenated alkanes) is 1. The molecular formula is C12H28N2S. The molecule has 0 rings (SSSR count). The Morgan fingerprint density at radius 2 is 1.93 bits per heavy atom. The second-order valence-electron chi connectivity index (χ2n) is 4.23. The number of nitrogens with zero attached hydrogens (tertiary/aromatic N) is 1. The molecule has 0 aromatic heterocycles. The van der Waals surface area contributed by atoms with E-state index in [-0.39, 0.29) is 0 Å². The smallest absolute Gasteiger partial charge is 0.0110 e. The van der Waals surface area contributed by atoms with Crippen LogP contribution in [0.2, 0.25) is 0 Å². The lowest BCUT2D eigenvalue weighted by Crippen LogP contribution is -2.38. The summed E-state index contributed by atoms with van der Waals surface area (Å²) in [5.41, 5.74) is 0. The Morgan fingerprint density at radius 3 is 2.47 bits per heavy atom. The molecule has 0 spiro atoms. The van der Waals surface area contributed by atoms with E-state index in [2.05, 4.69) is 37.2 Å². The second-order valence-corrected chi connectivity index (χ2v) is 5.21. The Bertz CT molecular complexity index is 129. The average Bonchev–Trinajstić information content (AvgIpc) is 2.21. The predicted molar refractivity (Wildman–Crippen MR) is 72.9 cm³/mol. The van der Waals surface area contributed by atoms with E-state index < -0.39 is 0 Å². The third-order valence-electron chi connectivity index (χ3n) is 2.59. The molecule has 3 heteroatoms. The fraction of sp³-hybridized carbons (Fsp3) is 1.00. The van der Waals surface area contributed by atoms with Gasteiger partial charge in [-0.15, -0.1) is 0 Å². The van der Waals surface area contributed by atoms with Crippen LogP contribution in [0.1, 0.15) is 33.6 Å². The Morgan fingerprint density at radius 1 is 1.20 bits per heavy atom.